The van der Waals surface area contributed by atoms with Crippen molar-refractivity contribution >= 4 is 35.6 Å². The number of carbonyl (C=O) groups is 3. The Morgan fingerprint density at radius 2 is 1.37 bits per heavy atom. The zero-order valence-electron chi connectivity index (χ0n) is 35.8. The molecule has 20 nitrogen and oxygen atoms in total. The number of hydrogen-bond donors (Lipinski definition) is 4. The van der Waals surface area contributed by atoms with Gasteiger partial charge in [-0.05, 0) is 58.4 Å². The number of fused-ring (bicyclic) bond motifs is 1. The summed E-state index contributed by atoms with van der Waals surface area (Å²) in [6.07, 6.45) is 6.76. The molecule has 3 rings (SSSR count). The fourth-order valence-electron chi connectivity index (χ4n) is 6.13. The van der Waals surface area contributed by atoms with Gasteiger partial charge in [-0.1, -0.05) is 11.5 Å². The molecule has 1 aromatic rings. The largest absolute Gasteiger partial charge is 0.444 e. The number of urea groups is 1. The van der Waals surface area contributed by atoms with E-state index in [1.165, 1.54) is 0 Å². The zero-order chi connectivity index (χ0) is 43.1. The van der Waals surface area contributed by atoms with E-state index >= 15 is 0 Å². The number of Topliss-reactive ketones (excluding diaryl/α,β-unsaturated/α-hetero) is 1. The van der Waals surface area contributed by atoms with Gasteiger partial charge in [-0.25, -0.2) is 14.6 Å². The molecule has 4 N–H and O–H groups in total. The molecule has 0 radical (unpaired) electrons. The third-order valence-corrected chi connectivity index (χ3v) is 10.5. The number of amides is 3. The van der Waals surface area contributed by atoms with Gasteiger partial charge < -0.3 is 54.4 Å². The predicted octanol–water partition coefficient (Wildman–Crippen LogP) is 4.16. The van der Waals surface area contributed by atoms with Gasteiger partial charge in [-0.15, -0.1) is 0 Å². The maximum absolute atomic E-state index is 12.3. The van der Waals surface area contributed by atoms with E-state index in [1.807, 2.05) is 32.5 Å². The Balaban J connectivity index is 1.20. The van der Waals surface area contributed by atoms with Crippen LogP contribution in [0.25, 0.3) is 10.4 Å². The monoisotopic (exact) mass is 868 g/mol. The molecule has 0 spiro atoms. The molecule has 2 fully saturated rings. The van der Waals surface area contributed by atoms with Crippen LogP contribution in [0, 0.1) is 0 Å². The summed E-state index contributed by atoms with van der Waals surface area (Å²) in [6.45, 7) is 12.0. The summed E-state index contributed by atoms with van der Waals surface area (Å²) >= 11 is 1.91. The van der Waals surface area contributed by atoms with Gasteiger partial charge >= 0.3 is 12.1 Å². The van der Waals surface area contributed by atoms with Gasteiger partial charge in [0.05, 0.1) is 78.2 Å². The van der Waals surface area contributed by atoms with Crippen LogP contribution in [0.1, 0.15) is 83.8 Å². The SMILES string of the molecule is CC(C)(C)OC(=O)NCCCc1nc(CCCOCCOCCOCCCC(=O)CCCC[C@@H]2SC[C@@H]3NC(=O)N[C@@H]32)nc(NCCOCCOCCOCCN=[N+]=[N-])n1. The average molecular weight is 869 g/mol. The molecular formula is C39H68N10O10S. The highest BCUT2D eigenvalue weighted by atomic mass is 32.2. The number of anilines is 1. The van der Waals surface area contributed by atoms with Crippen LogP contribution < -0.4 is 21.3 Å². The number of carbonyl (C=O) groups excluding carboxylic acids is 3. The lowest BCUT2D eigenvalue weighted by Crippen LogP contribution is -2.36. The lowest BCUT2D eigenvalue weighted by Gasteiger charge is -2.19. The van der Waals surface area contributed by atoms with Crippen molar-refractivity contribution in [1.29, 1.82) is 0 Å². The molecule has 340 valence electrons. The van der Waals surface area contributed by atoms with Gasteiger partial charge in [0.2, 0.25) is 5.95 Å². The van der Waals surface area contributed by atoms with E-state index in [-0.39, 0.29) is 23.9 Å². The number of ether oxygens (including phenoxy) is 7. The number of aryl methyl sites for hydroxylation is 2. The van der Waals surface area contributed by atoms with E-state index in [0.717, 1.165) is 25.0 Å². The second-order valence-electron chi connectivity index (χ2n) is 15.2. The van der Waals surface area contributed by atoms with Gasteiger partial charge in [0.15, 0.2) is 0 Å². The molecule has 21 heteroatoms. The minimum absolute atomic E-state index is 0.0605. The number of nitrogens with one attached hydrogen (secondary N) is 4. The van der Waals surface area contributed by atoms with Gasteiger partial charge in [-0.3, -0.25) is 4.79 Å². The Labute approximate surface area is 358 Å². The van der Waals surface area contributed by atoms with Crippen LogP contribution in [-0.2, 0) is 50.8 Å². The number of aromatic nitrogens is 3. The highest BCUT2D eigenvalue weighted by Crippen LogP contribution is 2.33. The summed E-state index contributed by atoms with van der Waals surface area (Å²) in [4.78, 5) is 52.3. The molecule has 0 unspecified atom stereocenters. The van der Waals surface area contributed by atoms with Crippen LogP contribution in [0.5, 0.6) is 0 Å². The Morgan fingerprint density at radius 1 is 0.767 bits per heavy atom. The Kier molecular flexibility index (Phi) is 26.5. The number of nitrogens with zero attached hydrogens (tertiary/aromatic N) is 6. The number of alkyl carbamates (subject to hydrolysis) is 1. The highest BCUT2D eigenvalue weighted by Gasteiger charge is 2.42. The van der Waals surface area contributed by atoms with Crippen LogP contribution in [0.3, 0.4) is 0 Å². The number of hydrogen-bond acceptors (Lipinski definition) is 16. The van der Waals surface area contributed by atoms with Crippen molar-refractivity contribution in [3.8, 4) is 0 Å². The van der Waals surface area contributed by atoms with Crippen LogP contribution in [-0.4, -0.2) is 160 Å². The van der Waals surface area contributed by atoms with E-state index in [9.17, 15) is 14.4 Å². The molecule has 1 aromatic heterocycles. The normalized spacial score (nSPS) is 17.1. The molecule has 60 heavy (non-hydrogen) atoms. The average Bonchev–Trinajstić information content (AvgIpc) is 3.77. The summed E-state index contributed by atoms with van der Waals surface area (Å²) in [7, 11) is 0. The zero-order valence-corrected chi connectivity index (χ0v) is 36.6. The molecule has 0 aliphatic carbocycles. The molecule has 0 saturated carbocycles. The van der Waals surface area contributed by atoms with Crippen molar-refractivity contribution in [2.45, 2.75) is 108 Å². The molecular weight excluding hydrogens is 801 g/mol. The maximum atomic E-state index is 12.3. The number of rotatable bonds is 36. The van der Waals surface area contributed by atoms with E-state index in [0.29, 0.717) is 167 Å². The molecule has 0 bridgehead atoms. The Morgan fingerprint density at radius 3 is 2.03 bits per heavy atom. The van der Waals surface area contributed by atoms with Crippen molar-refractivity contribution in [2.24, 2.45) is 5.11 Å². The molecule has 2 aliphatic rings. The number of unbranched alkanes of at least 4 members (excludes halogenated alkanes) is 1. The minimum atomic E-state index is -0.566. The summed E-state index contributed by atoms with van der Waals surface area (Å²) in [5.41, 5.74) is 7.69. The van der Waals surface area contributed by atoms with Crippen molar-refractivity contribution in [3.63, 3.8) is 0 Å². The Hall–Kier alpha value is -3.56. The lowest BCUT2D eigenvalue weighted by atomic mass is 10.0. The number of thioether (sulfide) groups is 1. The second-order valence-corrected chi connectivity index (χ2v) is 16.5. The summed E-state index contributed by atoms with van der Waals surface area (Å²) in [5.74, 6) is 2.96. The van der Waals surface area contributed by atoms with Crippen molar-refractivity contribution in [2.75, 3.05) is 110 Å². The fourth-order valence-corrected chi connectivity index (χ4v) is 7.67. The minimum Gasteiger partial charge on any atom is -0.444 e. The molecule has 2 aliphatic heterocycles. The van der Waals surface area contributed by atoms with Gasteiger partial charge in [0, 0.05) is 74.4 Å². The number of ketones is 1. The highest BCUT2D eigenvalue weighted by molar-refractivity contribution is 8.00. The quantitative estimate of drug-likeness (QED) is 0.0243. The van der Waals surface area contributed by atoms with Gasteiger partial charge in [0.1, 0.15) is 23.0 Å². The molecule has 0 aromatic carbocycles. The lowest BCUT2D eigenvalue weighted by molar-refractivity contribution is -0.119. The molecule has 3 heterocycles. The topological polar surface area (TPSA) is 251 Å². The molecule has 3 atom stereocenters. The van der Waals surface area contributed by atoms with E-state index in [1.54, 1.807) is 0 Å². The summed E-state index contributed by atoms with van der Waals surface area (Å²) < 4.78 is 38.7. The van der Waals surface area contributed by atoms with Crippen molar-refractivity contribution in [1.82, 2.24) is 30.9 Å². The standard InChI is InChI=1S/C39H68N10O10S/c1-39(2,3)59-38(52)42-14-6-12-33-45-34(47-36(46-33)41-15-19-55-23-27-58-28-24-56-20-16-43-49-40)13-8-18-54-22-26-57-25-21-53-17-7-10-30(50)9-4-5-11-32-35-31(29-60-32)44-37(51)48-35/h31-32,35H,4-29H2,1-3H3,(H,42,52)(H2,44,48,51)(H,41,45,46,47)/t31-,32-,35-/m0/s1. The first-order valence-corrected chi connectivity index (χ1v) is 22.3. The van der Waals surface area contributed by atoms with E-state index < -0.39 is 11.7 Å². The number of azide groups is 1. The first-order valence-electron chi connectivity index (χ1n) is 21.2. The second kappa shape index (κ2) is 31.3. The van der Waals surface area contributed by atoms with E-state index in [4.69, 9.17) is 38.7 Å². The van der Waals surface area contributed by atoms with Gasteiger partial charge in [0.25, 0.3) is 0 Å². The summed E-state index contributed by atoms with van der Waals surface area (Å²) in [6, 6.07) is 0.403. The molecule has 3 amide bonds. The van der Waals surface area contributed by atoms with Gasteiger partial charge in [-0.2, -0.15) is 21.7 Å². The third kappa shape index (κ3) is 24.6. The predicted molar refractivity (Wildman–Crippen MR) is 226 cm³/mol. The Bertz CT molecular complexity index is 1420. The fraction of sp³-hybridized carbons (Fsp3) is 0.846. The van der Waals surface area contributed by atoms with Crippen LogP contribution in [0.4, 0.5) is 15.5 Å². The smallest absolute Gasteiger partial charge is 0.407 e. The van der Waals surface area contributed by atoms with Crippen LogP contribution in [0.15, 0.2) is 5.11 Å². The maximum Gasteiger partial charge on any atom is 0.407 e. The van der Waals surface area contributed by atoms with Crippen molar-refractivity contribution < 1.29 is 47.5 Å². The first-order chi connectivity index (χ1) is 29.1. The first kappa shape index (κ1) is 50.8. The van der Waals surface area contributed by atoms with Crippen LogP contribution in [0.2, 0.25) is 0 Å². The molecule has 2 saturated heterocycles. The summed E-state index contributed by atoms with van der Waals surface area (Å²) in [5, 5.41) is 15.8. The third-order valence-electron chi connectivity index (χ3n) is 8.96. The van der Waals surface area contributed by atoms with E-state index in [2.05, 4.69) is 46.2 Å². The van der Waals surface area contributed by atoms with Crippen LogP contribution >= 0.6 is 11.8 Å². The van der Waals surface area contributed by atoms with Crippen molar-refractivity contribution in [3.05, 3.63) is 22.1 Å².